The Bertz CT molecular complexity index is 600. The van der Waals surface area contributed by atoms with Crippen molar-refractivity contribution in [2.45, 2.75) is 13.3 Å². The number of hydrogen-bond acceptors (Lipinski definition) is 3. The van der Waals surface area contributed by atoms with Crippen LogP contribution in [0.15, 0.2) is 24.5 Å². The minimum Gasteiger partial charge on any atom is -0.378 e. The SMILES string of the molecule is Cc1cccn2cc(CC(=O)N3CCOCC3)nc12. The molecule has 3 rings (SSSR count). The number of imidazole rings is 1. The van der Waals surface area contributed by atoms with Gasteiger partial charge >= 0.3 is 0 Å². The zero-order valence-electron chi connectivity index (χ0n) is 11.0. The molecule has 1 saturated heterocycles. The van der Waals surface area contributed by atoms with E-state index in [1.165, 1.54) is 0 Å². The first-order valence-corrected chi connectivity index (χ1v) is 6.53. The van der Waals surface area contributed by atoms with Crippen molar-refractivity contribution in [3.05, 3.63) is 35.8 Å². The van der Waals surface area contributed by atoms with Gasteiger partial charge in [-0.15, -0.1) is 0 Å². The number of aryl methyl sites for hydroxylation is 1. The Hall–Kier alpha value is -1.88. The molecule has 0 unspecified atom stereocenters. The molecule has 2 aromatic heterocycles. The third-order valence-electron chi connectivity index (χ3n) is 3.42. The summed E-state index contributed by atoms with van der Waals surface area (Å²) in [4.78, 5) is 18.5. The van der Waals surface area contributed by atoms with Crippen molar-refractivity contribution < 1.29 is 9.53 Å². The van der Waals surface area contributed by atoms with E-state index in [0.717, 1.165) is 16.9 Å². The van der Waals surface area contributed by atoms with Crippen LogP contribution in [0.4, 0.5) is 0 Å². The molecular formula is C14H17N3O2. The molecule has 0 saturated carbocycles. The summed E-state index contributed by atoms with van der Waals surface area (Å²) in [5.74, 6) is 0.129. The van der Waals surface area contributed by atoms with E-state index in [2.05, 4.69) is 4.98 Å². The summed E-state index contributed by atoms with van der Waals surface area (Å²) in [6, 6.07) is 4.01. The van der Waals surface area contributed by atoms with E-state index >= 15 is 0 Å². The average molecular weight is 259 g/mol. The van der Waals surface area contributed by atoms with Gasteiger partial charge in [-0.3, -0.25) is 4.79 Å². The Kier molecular flexibility index (Phi) is 3.21. The van der Waals surface area contributed by atoms with Gasteiger partial charge < -0.3 is 14.0 Å². The second kappa shape index (κ2) is 5.01. The van der Waals surface area contributed by atoms with Crippen LogP contribution in [0.3, 0.4) is 0 Å². The lowest BCUT2D eigenvalue weighted by Gasteiger charge is -2.26. The molecule has 1 fully saturated rings. The second-order valence-electron chi connectivity index (χ2n) is 4.82. The fourth-order valence-corrected chi connectivity index (χ4v) is 2.37. The van der Waals surface area contributed by atoms with E-state index in [0.29, 0.717) is 32.7 Å². The molecule has 19 heavy (non-hydrogen) atoms. The van der Waals surface area contributed by atoms with Crippen molar-refractivity contribution in [3.8, 4) is 0 Å². The molecule has 0 atom stereocenters. The number of pyridine rings is 1. The molecule has 0 aliphatic carbocycles. The second-order valence-corrected chi connectivity index (χ2v) is 4.82. The number of carbonyl (C=O) groups is 1. The number of amides is 1. The molecule has 0 N–H and O–H groups in total. The first-order chi connectivity index (χ1) is 9.24. The van der Waals surface area contributed by atoms with E-state index in [9.17, 15) is 4.79 Å². The van der Waals surface area contributed by atoms with Gasteiger partial charge in [-0.25, -0.2) is 4.98 Å². The van der Waals surface area contributed by atoms with Crippen molar-refractivity contribution in [2.24, 2.45) is 0 Å². The van der Waals surface area contributed by atoms with Gasteiger partial charge in [0.25, 0.3) is 0 Å². The van der Waals surface area contributed by atoms with Crippen LogP contribution in [0.25, 0.3) is 5.65 Å². The zero-order valence-corrected chi connectivity index (χ0v) is 11.0. The molecule has 0 bridgehead atoms. The van der Waals surface area contributed by atoms with Crippen molar-refractivity contribution in [3.63, 3.8) is 0 Å². The number of fused-ring (bicyclic) bond motifs is 1. The number of ether oxygens (including phenoxy) is 1. The summed E-state index contributed by atoms with van der Waals surface area (Å²) in [5, 5.41) is 0. The van der Waals surface area contributed by atoms with Crippen LogP contribution in [0, 0.1) is 6.92 Å². The topological polar surface area (TPSA) is 46.8 Å². The van der Waals surface area contributed by atoms with Crippen molar-refractivity contribution in [1.82, 2.24) is 14.3 Å². The van der Waals surface area contributed by atoms with E-state index in [1.807, 2.05) is 40.8 Å². The van der Waals surface area contributed by atoms with E-state index in [1.54, 1.807) is 0 Å². The maximum atomic E-state index is 12.2. The maximum Gasteiger partial charge on any atom is 0.228 e. The summed E-state index contributed by atoms with van der Waals surface area (Å²) >= 11 is 0. The molecule has 1 aliphatic rings. The predicted molar refractivity (Wildman–Crippen MR) is 71.0 cm³/mol. The van der Waals surface area contributed by atoms with Crippen LogP contribution < -0.4 is 0 Å². The summed E-state index contributed by atoms with van der Waals surface area (Å²) in [6.45, 7) is 4.67. The van der Waals surface area contributed by atoms with Gasteiger partial charge in [-0.1, -0.05) is 6.07 Å². The first kappa shape index (κ1) is 12.2. The quantitative estimate of drug-likeness (QED) is 0.809. The number of hydrogen-bond donors (Lipinski definition) is 0. The minimum absolute atomic E-state index is 0.129. The molecule has 0 radical (unpaired) electrons. The average Bonchev–Trinajstić information content (AvgIpc) is 2.84. The molecular weight excluding hydrogens is 242 g/mol. The van der Waals surface area contributed by atoms with Gasteiger partial charge in [-0.05, 0) is 18.6 Å². The maximum absolute atomic E-state index is 12.2. The highest BCUT2D eigenvalue weighted by molar-refractivity contribution is 5.78. The number of carbonyl (C=O) groups excluding carboxylic acids is 1. The molecule has 100 valence electrons. The molecule has 5 nitrogen and oxygen atoms in total. The standard InChI is InChI=1S/C14H17N3O2/c1-11-3-2-4-17-10-12(15-14(11)17)9-13(18)16-5-7-19-8-6-16/h2-4,10H,5-9H2,1H3. The van der Waals surface area contributed by atoms with Gasteiger partial charge in [-0.2, -0.15) is 0 Å². The van der Waals surface area contributed by atoms with Crippen molar-refractivity contribution in [2.75, 3.05) is 26.3 Å². The van der Waals surface area contributed by atoms with Gasteiger partial charge in [0.2, 0.25) is 5.91 Å². The lowest BCUT2D eigenvalue weighted by Crippen LogP contribution is -2.41. The van der Waals surface area contributed by atoms with Crippen LogP contribution in [0.1, 0.15) is 11.3 Å². The smallest absolute Gasteiger partial charge is 0.228 e. The largest absolute Gasteiger partial charge is 0.378 e. The fourth-order valence-electron chi connectivity index (χ4n) is 2.37. The molecule has 1 amide bonds. The van der Waals surface area contributed by atoms with Gasteiger partial charge in [0.05, 0.1) is 25.3 Å². The normalized spacial score (nSPS) is 15.9. The predicted octanol–water partition coefficient (Wildman–Crippen LogP) is 1.04. The van der Waals surface area contributed by atoms with E-state index < -0.39 is 0 Å². The van der Waals surface area contributed by atoms with Gasteiger partial charge in [0, 0.05) is 25.5 Å². The van der Waals surface area contributed by atoms with Crippen LogP contribution in [0.5, 0.6) is 0 Å². The molecule has 0 aromatic carbocycles. The molecule has 3 heterocycles. The van der Waals surface area contributed by atoms with Crippen molar-refractivity contribution >= 4 is 11.6 Å². The fraction of sp³-hybridized carbons (Fsp3) is 0.429. The Balaban J connectivity index is 1.77. The summed E-state index contributed by atoms with van der Waals surface area (Å²) in [6.07, 6.45) is 4.25. The number of rotatable bonds is 2. The molecule has 5 heteroatoms. The van der Waals surface area contributed by atoms with Crippen LogP contribution in [-0.4, -0.2) is 46.5 Å². The Labute approximate surface area is 111 Å². The Morgan fingerprint density at radius 2 is 2.21 bits per heavy atom. The van der Waals surface area contributed by atoms with Gasteiger partial charge in [0.1, 0.15) is 5.65 Å². The highest BCUT2D eigenvalue weighted by Gasteiger charge is 2.18. The van der Waals surface area contributed by atoms with Crippen LogP contribution in [-0.2, 0) is 16.0 Å². The minimum atomic E-state index is 0.129. The lowest BCUT2D eigenvalue weighted by molar-refractivity contribution is -0.134. The highest BCUT2D eigenvalue weighted by Crippen LogP contribution is 2.11. The third-order valence-corrected chi connectivity index (χ3v) is 3.42. The van der Waals surface area contributed by atoms with Crippen LogP contribution >= 0.6 is 0 Å². The Morgan fingerprint density at radius 3 is 2.95 bits per heavy atom. The summed E-state index contributed by atoms with van der Waals surface area (Å²) in [7, 11) is 0. The van der Waals surface area contributed by atoms with E-state index in [4.69, 9.17) is 4.74 Å². The lowest BCUT2D eigenvalue weighted by atomic mass is 10.3. The van der Waals surface area contributed by atoms with Crippen LogP contribution in [0.2, 0.25) is 0 Å². The number of morpholine rings is 1. The molecule has 0 spiro atoms. The third kappa shape index (κ3) is 2.46. The monoisotopic (exact) mass is 259 g/mol. The molecule has 1 aliphatic heterocycles. The highest BCUT2D eigenvalue weighted by atomic mass is 16.5. The summed E-state index contributed by atoms with van der Waals surface area (Å²) in [5.41, 5.74) is 2.87. The van der Waals surface area contributed by atoms with Gasteiger partial charge in [0.15, 0.2) is 0 Å². The summed E-state index contributed by atoms with van der Waals surface area (Å²) < 4.78 is 7.22. The zero-order chi connectivity index (χ0) is 13.2. The molecule has 2 aromatic rings. The van der Waals surface area contributed by atoms with E-state index in [-0.39, 0.29) is 5.91 Å². The Morgan fingerprint density at radius 1 is 1.42 bits per heavy atom. The number of aromatic nitrogens is 2. The first-order valence-electron chi connectivity index (χ1n) is 6.53. The number of nitrogens with zero attached hydrogens (tertiary/aromatic N) is 3. The van der Waals surface area contributed by atoms with Crippen molar-refractivity contribution in [1.29, 1.82) is 0 Å².